The van der Waals surface area contributed by atoms with Crippen molar-refractivity contribution in [1.29, 1.82) is 0 Å². The molecule has 2 heterocycles. The van der Waals surface area contributed by atoms with E-state index in [1.165, 1.54) is 11.9 Å². The minimum Gasteiger partial charge on any atom is -0.405 e. The van der Waals surface area contributed by atoms with Gasteiger partial charge in [-0.05, 0) is 17.7 Å². The van der Waals surface area contributed by atoms with Crippen molar-refractivity contribution in [3.8, 4) is 0 Å². The van der Waals surface area contributed by atoms with Crippen molar-refractivity contribution in [2.45, 2.75) is 13.5 Å². The molecule has 4 rings (SSSR count). The number of amides is 1. The zero-order chi connectivity index (χ0) is 23.2. The average Bonchev–Trinajstić information content (AvgIpc) is 3.13. The molecule has 1 fully saturated rings. The molecule has 1 saturated heterocycles. The number of hydrogen-bond donors (Lipinski definition) is 1. The zero-order valence-corrected chi connectivity index (χ0v) is 19.0. The second-order valence-corrected chi connectivity index (χ2v) is 8.06. The first-order valence-corrected chi connectivity index (χ1v) is 11.1. The molecule has 0 radical (unpaired) electrons. The minimum atomic E-state index is -0.561. The summed E-state index contributed by atoms with van der Waals surface area (Å²) in [6.07, 6.45) is 0. The van der Waals surface area contributed by atoms with Crippen LogP contribution in [0.3, 0.4) is 0 Å². The number of carbonyl (C=O) groups is 2. The van der Waals surface area contributed by atoms with Gasteiger partial charge in [-0.1, -0.05) is 54.1 Å². The molecule has 0 unspecified atom stereocenters. The van der Waals surface area contributed by atoms with E-state index in [1.807, 2.05) is 30.3 Å². The lowest BCUT2D eigenvalue weighted by Gasteiger charge is -2.28. The molecule has 2 aromatic rings. The van der Waals surface area contributed by atoms with E-state index >= 15 is 0 Å². The van der Waals surface area contributed by atoms with Crippen LogP contribution in [-0.2, 0) is 25.6 Å². The third-order valence-electron chi connectivity index (χ3n) is 5.27. The lowest BCUT2D eigenvalue weighted by molar-refractivity contribution is -0.132. The van der Waals surface area contributed by atoms with Crippen molar-refractivity contribution < 1.29 is 19.1 Å². The van der Waals surface area contributed by atoms with E-state index in [-0.39, 0.29) is 11.5 Å². The minimum absolute atomic E-state index is 0.0451. The van der Waals surface area contributed by atoms with Gasteiger partial charge < -0.3 is 14.8 Å². The molecule has 0 aromatic heterocycles. The Kier molecular flexibility index (Phi) is 7.39. The van der Waals surface area contributed by atoms with Gasteiger partial charge in [-0.15, -0.1) is 5.10 Å². The molecule has 2 aliphatic heterocycles. The normalized spacial score (nSPS) is 18.2. The van der Waals surface area contributed by atoms with Gasteiger partial charge in [-0.25, -0.2) is 0 Å². The highest BCUT2D eigenvalue weighted by Gasteiger charge is 2.37. The van der Waals surface area contributed by atoms with Crippen LogP contribution in [0.5, 0.6) is 0 Å². The van der Waals surface area contributed by atoms with Crippen LogP contribution in [0.1, 0.15) is 12.5 Å². The van der Waals surface area contributed by atoms with Crippen LogP contribution in [0.25, 0.3) is 0 Å². The molecule has 33 heavy (non-hydrogen) atoms. The monoisotopic (exact) mass is 468 g/mol. The molecule has 1 amide bonds. The molecule has 8 nitrogen and oxygen atoms in total. The average molecular weight is 469 g/mol. The topological polar surface area (TPSA) is 83.5 Å². The van der Waals surface area contributed by atoms with Gasteiger partial charge in [-0.2, -0.15) is 5.01 Å². The summed E-state index contributed by atoms with van der Waals surface area (Å²) in [6, 6.07) is 16.8. The molecule has 0 aliphatic carbocycles. The second kappa shape index (κ2) is 10.6. The Bertz CT molecular complexity index is 1080. The summed E-state index contributed by atoms with van der Waals surface area (Å²) >= 11 is 6.32. The number of ether oxygens (including phenoxy) is 2. The van der Waals surface area contributed by atoms with Gasteiger partial charge in [0.1, 0.15) is 5.57 Å². The van der Waals surface area contributed by atoms with Crippen molar-refractivity contribution >= 4 is 35.1 Å². The Morgan fingerprint density at radius 2 is 1.82 bits per heavy atom. The maximum Gasteiger partial charge on any atom is 0.309 e. The van der Waals surface area contributed by atoms with Gasteiger partial charge >= 0.3 is 5.97 Å². The summed E-state index contributed by atoms with van der Waals surface area (Å²) in [7, 11) is 0. The summed E-state index contributed by atoms with van der Waals surface area (Å²) < 4.78 is 10.8. The number of esters is 1. The van der Waals surface area contributed by atoms with Crippen molar-refractivity contribution in [3.63, 3.8) is 0 Å². The molecule has 0 bridgehead atoms. The number of halogens is 1. The number of rotatable bonds is 6. The number of anilines is 1. The number of hydrogen-bond acceptors (Lipinski definition) is 7. The lowest BCUT2D eigenvalue weighted by Crippen LogP contribution is -2.40. The molecular weight excluding hydrogens is 444 g/mol. The van der Waals surface area contributed by atoms with Gasteiger partial charge in [0.15, 0.2) is 0 Å². The molecular formula is C24H25ClN4O4. The van der Waals surface area contributed by atoms with Gasteiger partial charge in [0, 0.05) is 38.8 Å². The number of hydrazone groups is 1. The number of para-hydroxylation sites is 1. The first kappa shape index (κ1) is 23.0. The quantitative estimate of drug-likeness (QED) is 0.518. The summed E-state index contributed by atoms with van der Waals surface area (Å²) in [5.74, 6) is -1.02. The number of nitrogens with zero attached hydrogens (tertiary/aromatic N) is 3. The SMILES string of the molecule is CC(=O)OC1=NN(c2ccccc2Cl)C(=O)C1=C(CN1CCOCC1)NCc1ccccc1. The second-order valence-electron chi connectivity index (χ2n) is 7.65. The smallest absolute Gasteiger partial charge is 0.309 e. The van der Waals surface area contributed by atoms with E-state index in [9.17, 15) is 9.59 Å². The lowest BCUT2D eigenvalue weighted by atomic mass is 10.1. The van der Waals surface area contributed by atoms with E-state index in [0.717, 1.165) is 18.7 Å². The Morgan fingerprint density at radius 1 is 1.12 bits per heavy atom. The maximum atomic E-state index is 13.6. The van der Waals surface area contributed by atoms with E-state index in [4.69, 9.17) is 21.1 Å². The predicted molar refractivity (Wildman–Crippen MR) is 126 cm³/mol. The predicted octanol–water partition coefficient (Wildman–Crippen LogP) is 2.94. The van der Waals surface area contributed by atoms with Gasteiger partial charge in [-0.3, -0.25) is 14.5 Å². The van der Waals surface area contributed by atoms with E-state index in [0.29, 0.717) is 42.7 Å². The number of nitrogens with one attached hydrogen (secondary N) is 1. The van der Waals surface area contributed by atoms with Gasteiger partial charge in [0.05, 0.1) is 23.9 Å². The Morgan fingerprint density at radius 3 is 2.52 bits per heavy atom. The maximum absolute atomic E-state index is 13.6. The molecule has 9 heteroatoms. The van der Waals surface area contributed by atoms with Crippen LogP contribution >= 0.6 is 11.6 Å². The fraction of sp³-hybridized carbons (Fsp3) is 0.292. The Hall–Kier alpha value is -3.20. The zero-order valence-electron chi connectivity index (χ0n) is 18.3. The van der Waals surface area contributed by atoms with Crippen molar-refractivity contribution in [3.05, 3.63) is 76.5 Å². The summed E-state index contributed by atoms with van der Waals surface area (Å²) in [5, 5.41) is 9.26. The van der Waals surface area contributed by atoms with Gasteiger partial charge in [0.2, 0.25) is 0 Å². The third-order valence-corrected chi connectivity index (χ3v) is 5.59. The van der Waals surface area contributed by atoms with E-state index in [1.54, 1.807) is 24.3 Å². The summed E-state index contributed by atoms with van der Waals surface area (Å²) in [4.78, 5) is 27.6. The van der Waals surface area contributed by atoms with Crippen molar-refractivity contribution in [2.24, 2.45) is 5.10 Å². The van der Waals surface area contributed by atoms with Crippen LogP contribution in [-0.4, -0.2) is 55.5 Å². The Labute approximate surface area is 197 Å². The molecule has 0 spiro atoms. The van der Waals surface area contributed by atoms with Crippen LogP contribution in [0.4, 0.5) is 5.69 Å². The summed E-state index contributed by atoms with van der Waals surface area (Å²) in [5.41, 5.74) is 2.31. The number of morpholine rings is 1. The standard InChI is InChI=1S/C24H25ClN4O4/c1-17(30)33-23-22(24(31)29(27-23)21-10-6-5-9-19(21)25)20(16-28-11-13-32-14-12-28)26-15-18-7-3-2-4-8-18/h2-10,26H,11-16H2,1H3. The van der Waals surface area contributed by atoms with E-state index in [2.05, 4.69) is 15.3 Å². The number of benzene rings is 2. The molecule has 0 saturated carbocycles. The Balaban J connectivity index is 1.72. The number of carbonyl (C=O) groups excluding carboxylic acids is 2. The molecule has 2 aromatic carbocycles. The molecule has 2 aliphatic rings. The summed E-state index contributed by atoms with van der Waals surface area (Å²) in [6.45, 7) is 4.92. The highest BCUT2D eigenvalue weighted by molar-refractivity contribution is 6.36. The molecule has 0 atom stereocenters. The van der Waals surface area contributed by atoms with Crippen LogP contribution < -0.4 is 10.3 Å². The van der Waals surface area contributed by atoms with Crippen LogP contribution in [0, 0.1) is 0 Å². The van der Waals surface area contributed by atoms with Crippen molar-refractivity contribution in [2.75, 3.05) is 37.9 Å². The highest BCUT2D eigenvalue weighted by Crippen LogP contribution is 2.31. The van der Waals surface area contributed by atoms with Crippen LogP contribution in [0.15, 0.2) is 71.0 Å². The molecule has 1 N–H and O–H groups in total. The molecule has 172 valence electrons. The van der Waals surface area contributed by atoms with Crippen molar-refractivity contribution in [1.82, 2.24) is 10.2 Å². The fourth-order valence-electron chi connectivity index (χ4n) is 3.65. The highest BCUT2D eigenvalue weighted by atomic mass is 35.5. The third kappa shape index (κ3) is 5.60. The van der Waals surface area contributed by atoms with E-state index < -0.39 is 11.9 Å². The van der Waals surface area contributed by atoms with Gasteiger partial charge in [0.25, 0.3) is 11.8 Å². The first-order valence-electron chi connectivity index (χ1n) is 10.7. The largest absolute Gasteiger partial charge is 0.405 e. The first-order chi connectivity index (χ1) is 16.0. The van der Waals surface area contributed by atoms with Crippen LogP contribution in [0.2, 0.25) is 5.02 Å². The fourth-order valence-corrected chi connectivity index (χ4v) is 3.86.